The van der Waals surface area contributed by atoms with Crippen molar-refractivity contribution in [1.82, 2.24) is 10.4 Å². The lowest BCUT2D eigenvalue weighted by Crippen LogP contribution is -2.27. The van der Waals surface area contributed by atoms with Crippen molar-refractivity contribution in [3.63, 3.8) is 0 Å². The standard InChI is InChI=1S/C14H19N3OS/c1-10-16-9-14(19-10)13(17-15)8-5-11-3-6-12(18-2)7-4-11/h3-4,6-7,9,13,17H,5,8,15H2,1-2H3. The smallest absolute Gasteiger partial charge is 0.118 e. The SMILES string of the molecule is COc1ccc(CCC(NN)c2cnc(C)s2)cc1. The number of methoxy groups -OCH3 is 1. The molecule has 2 aromatic rings. The highest BCUT2D eigenvalue weighted by Gasteiger charge is 2.12. The summed E-state index contributed by atoms with van der Waals surface area (Å²) in [6.45, 7) is 2.01. The molecule has 1 atom stereocenters. The third-order valence-corrected chi connectivity index (χ3v) is 4.09. The van der Waals surface area contributed by atoms with Crippen LogP contribution in [0.4, 0.5) is 0 Å². The molecular weight excluding hydrogens is 258 g/mol. The maximum absolute atomic E-state index is 5.63. The number of hydrogen-bond acceptors (Lipinski definition) is 5. The van der Waals surface area contributed by atoms with Crippen LogP contribution in [0.5, 0.6) is 5.75 Å². The number of ether oxygens (including phenoxy) is 1. The zero-order chi connectivity index (χ0) is 13.7. The van der Waals surface area contributed by atoms with Gasteiger partial charge in [0.15, 0.2) is 0 Å². The molecule has 1 aromatic carbocycles. The van der Waals surface area contributed by atoms with Gasteiger partial charge in [-0.25, -0.2) is 4.98 Å². The van der Waals surface area contributed by atoms with Crippen LogP contribution in [0.15, 0.2) is 30.5 Å². The summed E-state index contributed by atoms with van der Waals surface area (Å²) in [7, 11) is 1.68. The van der Waals surface area contributed by atoms with Gasteiger partial charge in [0, 0.05) is 11.1 Å². The number of rotatable bonds is 6. The zero-order valence-corrected chi connectivity index (χ0v) is 12.0. The van der Waals surface area contributed by atoms with Crippen LogP contribution in [0, 0.1) is 6.92 Å². The molecule has 0 amide bonds. The molecule has 3 N–H and O–H groups in total. The van der Waals surface area contributed by atoms with E-state index in [1.807, 2.05) is 25.3 Å². The van der Waals surface area contributed by atoms with Gasteiger partial charge in [-0.15, -0.1) is 11.3 Å². The molecule has 19 heavy (non-hydrogen) atoms. The van der Waals surface area contributed by atoms with Crippen molar-refractivity contribution in [2.45, 2.75) is 25.8 Å². The predicted octanol–water partition coefficient (Wildman–Crippen LogP) is 2.60. The second kappa shape index (κ2) is 6.65. The maximum Gasteiger partial charge on any atom is 0.118 e. The number of aryl methyl sites for hydroxylation is 2. The van der Waals surface area contributed by atoms with E-state index >= 15 is 0 Å². The van der Waals surface area contributed by atoms with Gasteiger partial charge in [-0.3, -0.25) is 11.3 Å². The highest BCUT2D eigenvalue weighted by Crippen LogP contribution is 2.24. The Balaban J connectivity index is 1.95. The molecule has 1 unspecified atom stereocenters. The van der Waals surface area contributed by atoms with Gasteiger partial charge in [-0.05, 0) is 37.5 Å². The van der Waals surface area contributed by atoms with Crippen molar-refractivity contribution in [3.8, 4) is 5.75 Å². The van der Waals surface area contributed by atoms with Gasteiger partial charge in [0.25, 0.3) is 0 Å². The molecule has 1 aromatic heterocycles. The molecule has 0 aliphatic rings. The number of benzene rings is 1. The van der Waals surface area contributed by atoms with E-state index in [9.17, 15) is 0 Å². The Labute approximate surface area is 117 Å². The monoisotopic (exact) mass is 277 g/mol. The summed E-state index contributed by atoms with van der Waals surface area (Å²) in [6.07, 6.45) is 3.82. The number of hydrazine groups is 1. The fourth-order valence-electron chi connectivity index (χ4n) is 1.95. The van der Waals surface area contributed by atoms with Gasteiger partial charge in [0.05, 0.1) is 18.2 Å². The summed E-state index contributed by atoms with van der Waals surface area (Å²) in [4.78, 5) is 5.46. The van der Waals surface area contributed by atoms with E-state index in [4.69, 9.17) is 10.6 Å². The van der Waals surface area contributed by atoms with Crippen LogP contribution in [0.25, 0.3) is 0 Å². The average Bonchev–Trinajstić information content (AvgIpc) is 2.87. The summed E-state index contributed by atoms with van der Waals surface area (Å²) in [5.74, 6) is 6.52. The topological polar surface area (TPSA) is 60.2 Å². The Bertz CT molecular complexity index is 510. The first-order valence-corrected chi connectivity index (χ1v) is 7.06. The minimum Gasteiger partial charge on any atom is -0.497 e. The normalized spacial score (nSPS) is 12.4. The number of nitrogens with two attached hydrogens (primary N) is 1. The van der Waals surface area contributed by atoms with Crippen molar-refractivity contribution in [2.75, 3.05) is 7.11 Å². The van der Waals surface area contributed by atoms with Crippen LogP contribution < -0.4 is 16.0 Å². The van der Waals surface area contributed by atoms with Gasteiger partial charge in [-0.2, -0.15) is 0 Å². The molecule has 0 aliphatic carbocycles. The van der Waals surface area contributed by atoms with Crippen molar-refractivity contribution in [3.05, 3.63) is 45.9 Å². The van der Waals surface area contributed by atoms with Crippen molar-refractivity contribution < 1.29 is 4.74 Å². The molecular formula is C14H19N3OS. The summed E-state index contributed by atoms with van der Waals surface area (Å²) in [5.41, 5.74) is 4.15. The summed E-state index contributed by atoms with van der Waals surface area (Å²) in [5, 5.41) is 1.07. The third-order valence-electron chi connectivity index (χ3n) is 3.06. The molecule has 102 valence electrons. The van der Waals surface area contributed by atoms with Gasteiger partial charge in [-0.1, -0.05) is 12.1 Å². The fraction of sp³-hybridized carbons (Fsp3) is 0.357. The van der Waals surface area contributed by atoms with Crippen LogP contribution in [-0.2, 0) is 6.42 Å². The van der Waals surface area contributed by atoms with E-state index in [1.165, 1.54) is 10.4 Å². The minimum atomic E-state index is 0.160. The van der Waals surface area contributed by atoms with E-state index in [1.54, 1.807) is 18.4 Å². The van der Waals surface area contributed by atoms with Crippen LogP contribution in [0.1, 0.15) is 27.9 Å². The third kappa shape index (κ3) is 3.76. The average molecular weight is 277 g/mol. The van der Waals surface area contributed by atoms with E-state index < -0.39 is 0 Å². The van der Waals surface area contributed by atoms with Gasteiger partial charge in [0.2, 0.25) is 0 Å². The first-order valence-electron chi connectivity index (χ1n) is 6.24. The van der Waals surface area contributed by atoms with E-state index in [2.05, 4.69) is 22.5 Å². The number of hydrogen-bond donors (Lipinski definition) is 2. The molecule has 4 nitrogen and oxygen atoms in total. The van der Waals surface area contributed by atoms with Crippen molar-refractivity contribution in [2.24, 2.45) is 5.84 Å². The van der Waals surface area contributed by atoms with Gasteiger partial charge >= 0.3 is 0 Å². The summed E-state index contributed by atoms with van der Waals surface area (Å²) < 4.78 is 5.15. The lowest BCUT2D eigenvalue weighted by Gasteiger charge is -2.13. The highest BCUT2D eigenvalue weighted by atomic mass is 32.1. The Morgan fingerprint density at radius 2 is 2.11 bits per heavy atom. The molecule has 2 rings (SSSR count). The number of thiazole rings is 1. The van der Waals surface area contributed by atoms with Crippen molar-refractivity contribution in [1.29, 1.82) is 0 Å². The molecule has 0 fully saturated rings. The second-order valence-corrected chi connectivity index (χ2v) is 5.65. The number of nitrogens with one attached hydrogen (secondary N) is 1. The Morgan fingerprint density at radius 3 is 2.63 bits per heavy atom. The number of aromatic nitrogens is 1. The lowest BCUT2D eigenvalue weighted by atomic mass is 10.0. The Morgan fingerprint density at radius 1 is 1.37 bits per heavy atom. The van der Waals surface area contributed by atoms with Crippen LogP contribution in [-0.4, -0.2) is 12.1 Å². The van der Waals surface area contributed by atoms with E-state index in [-0.39, 0.29) is 6.04 Å². The molecule has 0 saturated heterocycles. The molecule has 0 saturated carbocycles. The van der Waals surface area contributed by atoms with Crippen molar-refractivity contribution >= 4 is 11.3 Å². The minimum absolute atomic E-state index is 0.160. The maximum atomic E-state index is 5.63. The molecule has 0 bridgehead atoms. The largest absolute Gasteiger partial charge is 0.497 e. The zero-order valence-electron chi connectivity index (χ0n) is 11.2. The predicted molar refractivity (Wildman–Crippen MR) is 78.2 cm³/mol. The molecule has 1 heterocycles. The molecule has 0 radical (unpaired) electrons. The first kappa shape index (κ1) is 14.0. The molecule has 5 heteroatoms. The molecule has 0 aliphatic heterocycles. The first-order chi connectivity index (χ1) is 9.22. The fourth-order valence-corrected chi connectivity index (χ4v) is 2.83. The Hall–Kier alpha value is -1.43. The lowest BCUT2D eigenvalue weighted by molar-refractivity contribution is 0.414. The van der Waals surface area contributed by atoms with E-state index in [0.717, 1.165) is 23.6 Å². The summed E-state index contributed by atoms with van der Waals surface area (Å²) >= 11 is 1.69. The quantitative estimate of drug-likeness (QED) is 0.629. The van der Waals surface area contributed by atoms with Crippen LogP contribution in [0.3, 0.4) is 0 Å². The van der Waals surface area contributed by atoms with Gasteiger partial charge in [0.1, 0.15) is 5.75 Å². The van der Waals surface area contributed by atoms with Gasteiger partial charge < -0.3 is 4.74 Å². The van der Waals surface area contributed by atoms with Crippen LogP contribution >= 0.6 is 11.3 Å². The van der Waals surface area contributed by atoms with Crippen LogP contribution in [0.2, 0.25) is 0 Å². The molecule has 0 spiro atoms. The second-order valence-electron chi connectivity index (χ2n) is 4.39. The summed E-state index contributed by atoms with van der Waals surface area (Å²) in [6, 6.07) is 8.30. The highest BCUT2D eigenvalue weighted by molar-refractivity contribution is 7.11. The van der Waals surface area contributed by atoms with E-state index in [0.29, 0.717) is 0 Å². The number of nitrogens with zero attached hydrogens (tertiary/aromatic N) is 1. The Kier molecular flexibility index (Phi) is 4.90.